The van der Waals surface area contributed by atoms with E-state index in [1.165, 1.54) is 25.5 Å². The Kier molecular flexibility index (Phi) is 9.84. The molecule has 0 spiro atoms. The molecule has 0 fully saturated rings. The van der Waals surface area contributed by atoms with Crippen molar-refractivity contribution in [3.05, 3.63) is 12.7 Å². The molecular weight excluding hydrogens is 212 g/mol. The number of hydrogen-bond acceptors (Lipinski definition) is 1. The quantitative estimate of drug-likeness (QED) is 0.314. The average molecular weight is 235 g/mol. The van der Waals surface area contributed by atoms with Gasteiger partial charge in [-0.25, -0.2) is 0 Å². The maximum absolute atomic E-state index is 10.8. The summed E-state index contributed by atoms with van der Waals surface area (Å²) in [5.74, 6) is -0.0726. The summed E-state index contributed by atoms with van der Waals surface area (Å²) in [5, 5.41) is 2.77. The van der Waals surface area contributed by atoms with E-state index in [4.69, 9.17) is 0 Å². The fourth-order valence-corrected chi connectivity index (χ4v) is 1.17. The monoisotopic (exact) mass is 234 g/mol. The van der Waals surface area contributed by atoms with Crippen LogP contribution in [0, 0.1) is 0 Å². The molecule has 1 amide bonds. The van der Waals surface area contributed by atoms with E-state index >= 15 is 0 Å². The fraction of sp³-hybridized carbons (Fsp3) is 0.727. The zero-order valence-electron chi connectivity index (χ0n) is 10.1. The van der Waals surface area contributed by atoms with E-state index in [0.29, 0.717) is 0 Å². The van der Waals surface area contributed by atoms with Crippen molar-refractivity contribution in [2.24, 2.45) is 0 Å². The summed E-state index contributed by atoms with van der Waals surface area (Å²) in [6, 6.07) is 0. The second-order valence-electron chi connectivity index (χ2n) is 4.57. The van der Waals surface area contributed by atoms with Crippen molar-refractivity contribution >= 4 is 5.91 Å². The second kappa shape index (κ2) is 8.74. The molecule has 90 valence electrons. The maximum Gasteiger partial charge on any atom is 0.243 e. The van der Waals surface area contributed by atoms with Gasteiger partial charge in [0, 0.05) is 6.54 Å². The van der Waals surface area contributed by atoms with Gasteiger partial charge in [0.1, 0.15) is 0 Å². The first-order valence-electron chi connectivity index (χ1n) is 5.16. The Balaban J connectivity index is 0. The topological polar surface area (TPSA) is 29.1 Å². The molecular formula is C11H23ClN2O. The Morgan fingerprint density at radius 1 is 1.27 bits per heavy atom. The molecule has 4 heteroatoms. The Labute approximate surface area is 99.5 Å². The number of carbonyl (C=O) groups excluding carboxylic acids is 1. The van der Waals surface area contributed by atoms with Crippen LogP contribution in [0.1, 0.15) is 19.3 Å². The molecule has 0 saturated carbocycles. The highest BCUT2D eigenvalue weighted by Crippen LogP contribution is 1.99. The summed E-state index contributed by atoms with van der Waals surface area (Å²) in [5.41, 5.74) is 0. The lowest BCUT2D eigenvalue weighted by atomic mass is 10.2. The first kappa shape index (κ1) is 16.9. The molecule has 0 saturated heterocycles. The number of nitrogens with one attached hydrogen (secondary N) is 1. The van der Waals surface area contributed by atoms with Crippen molar-refractivity contribution in [3.8, 4) is 0 Å². The third-order valence-electron chi connectivity index (χ3n) is 1.99. The Morgan fingerprint density at radius 2 is 1.87 bits per heavy atom. The largest absolute Gasteiger partial charge is 1.00 e. The van der Waals surface area contributed by atoms with Crippen molar-refractivity contribution in [1.29, 1.82) is 0 Å². The minimum absolute atomic E-state index is 0. The highest BCUT2D eigenvalue weighted by atomic mass is 35.5. The summed E-state index contributed by atoms with van der Waals surface area (Å²) in [6.07, 6.45) is 4.76. The average Bonchev–Trinajstić information content (AvgIpc) is 2.08. The lowest BCUT2D eigenvalue weighted by Crippen LogP contribution is -3.00. The number of halogens is 1. The minimum Gasteiger partial charge on any atom is -1.00 e. The third kappa shape index (κ3) is 13.5. The van der Waals surface area contributed by atoms with E-state index in [2.05, 4.69) is 33.0 Å². The zero-order chi connectivity index (χ0) is 11.0. The number of hydrogen-bond donors (Lipinski definition) is 1. The number of carbonyl (C=O) groups is 1. The van der Waals surface area contributed by atoms with Gasteiger partial charge in [-0.2, -0.15) is 0 Å². The number of amides is 1. The van der Waals surface area contributed by atoms with E-state index in [1.54, 1.807) is 0 Å². The van der Waals surface area contributed by atoms with Gasteiger partial charge >= 0.3 is 0 Å². The molecule has 0 aromatic rings. The van der Waals surface area contributed by atoms with Gasteiger partial charge in [0.05, 0.1) is 27.7 Å². The summed E-state index contributed by atoms with van der Waals surface area (Å²) in [6.45, 7) is 5.35. The molecule has 0 aliphatic carbocycles. The summed E-state index contributed by atoms with van der Waals surface area (Å²) in [4.78, 5) is 10.8. The first-order valence-corrected chi connectivity index (χ1v) is 5.16. The van der Waals surface area contributed by atoms with Gasteiger partial charge in [-0.3, -0.25) is 4.79 Å². The summed E-state index contributed by atoms with van der Waals surface area (Å²) >= 11 is 0. The summed E-state index contributed by atoms with van der Waals surface area (Å²) < 4.78 is 1.01. The van der Waals surface area contributed by atoms with E-state index in [-0.39, 0.29) is 18.3 Å². The number of rotatable bonds is 7. The van der Waals surface area contributed by atoms with Gasteiger partial charge in [-0.05, 0) is 25.3 Å². The van der Waals surface area contributed by atoms with E-state index in [1.807, 2.05) is 0 Å². The Morgan fingerprint density at radius 3 is 2.33 bits per heavy atom. The molecule has 0 bridgehead atoms. The number of quaternary nitrogens is 1. The smallest absolute Gasteiger partial charge is 0.243 e. The van der Waals surface area contributed by atoms with Crippen LogP contribution in [0.2, 0.25) is 0 Å². The van der Waals surface area contributed by atoms with Gasteiger partial charge in [0.15, 0.2) is 0 Å². The molecule has 0 unspecified atom stereocenters. The molecule has 15 heavy (non-hydrogen) atoms. The molecule has 1 N–H and O–H groups in total. The van der Waals surface area contributed by atoms with Gasteiger partial charge in [-0.15, -0.1) is 0 Å². The highest BCUT2D eigenvalue weighted by Gasteiger charge is 2.04. The van der Waals surface area contributed by atoms with Crippen LogP contribution in [-0.4, -0.2) is 44.6 Å². The van der Waals surface area contributed by atoms with Crippen LogP contribution in [0.5, 0.6) is 0 Å². The van der Waals surface area contributed by atoms with Crippen molar-refractivity contribution in [2.45, 2.75) is 19.3 Å². The van der Waals surface area contributed by atoms with Crippen LogP contribution in [0.4, 0.5) is 0 Å². The van der Waals surface area contributed by atoms with Crippen LogP contribution in [0.25, 0.3) is 0 Å². The Bertz CT molecular complexity index is 188. The predicted molar refractivity (Wildman–Crippen MR) is 60.0 cm³/mol. The first-order chi connectivity index (χ1) is 6.45. The molecule has 0 heterocycles. The predicted octanol–water partition coefficient (Wildman–Crippen LogP) is -1.83. The van der Waals surface area contributed by atoms with Crippen LogP contribution < -0.4 is 17.7 Å². The standard InChI is InChI=1S/C11H22N2O.ClH/c1-5-11(14)12-9-7-6-8-10-13(2,3)4;/h5H,1,6-10H2,2-4H3;1H. The lowest BCUT2D eigenvalue weighted by Gasteiger charge is -2.23. The van der Waals surface area contributed by atoms with Crippen molar-refractivity contribution in [3.63, 3.8) is 0 Å². The van der Waals surface area contributed by atoms with Gasteiger partial charge < -0.3 is 22.2 Å². The van der Waals surface area contributed by atoms with Crippen LogP contribution >= 0.6 is 0 Å². The van der Waals surface area contributed by atoms with Crippen molar-refractivity contribution < 1.29 is 21.7 Å². The molecule has 0 aromatic carbocycles. The van der Waals surface area contributed by atoms with E-state index < -0.39 is 0 Å². The molecule has 0 aliphatic rings. The third-order valence-corrected chi connectivity index (χ3v) is 1.99. The van der Waals surface area contributed by atoms with Crippen molar-refractivity contribution in [2.75, 3.05) is 34.2 Å². The Hall–Kier alpha value is -0.540. The molecule has 3 nitrogen and oxygen atoms in total. The number of nitrogens with zero attached hydrogens (tertiary/aromatic N) is 1. The molecule has 0 rings (SSSR count). The highest BCUT2D eigenvalue weighted by molar-refractivity contribution is 5.86. The van der Waals surface area contributed by atoms with E-state index in [0.717, 1.165) is 17.4 Å². The molecule has 0 atom stereocenters. The maximum atomic E-state index is 10.8. The fourth-order valence-electron chi connectivity index (χ4n) is 1.17. The molecule has 0 aliphatic heterocycles. The van der Waals surface area contributed by atoms with E-state index in [9.17, 15) is 4.79 Å². The van der Waals surface area contributed by atoms with Crippen LogP contribution in [0.3, 0.4) is 0 Å². The summed E-state index contributed by atoms with van der Waals surface area (Å²) in [7, 11) is 6.58. The molecule has 0 aromatic heterocycles. The second-order valence-corrected chi connectivity index (χ2v) is 4.57. The van der Waals surface area contributed by atoms with Crippen LogP contribution in [0.15, 0.2) is 12.7 Å². The lowest BCUT2D eigenvalue weighted by molar-refractivity contribution is -0.870. The zero-order valence-corrected chi connectivity index (χ0v) is 10.8. The molecule has 0 radical (unpaired) electrons. The minimum atomic E-state index is -0.0726. The van der Waals surface area contributed by atoms with Gasteiger partial charge in [0.2, 0.25) is 5.91 Å². The number of unbranched alkanes of at least 4 members (excludes halogenated alkanes) is 2. The van der Waals surface area contributed by atoms with Gasteiger partial charge in [0.25, 0.3) is 0 Å². The normalized spacial score (nSPS) is 10.3. The SMILES string of the molecule is C=CC(=O)NCCCCC[N+](C)(C)C.[Cl-]. The van der Waals surface area contributed by atoms with Gasteiger partial charge in [-0.1, -0.05) is 6.58 Å². The van der Waals surface area contributed by atoms with Crippen molar-refractivity contribution in [1.82, 2.24) is 5.32 Å². The van der Waals surface area contributed by atoms with Crippen LogP contribution in [-0.2, 0) is 4.79 Å².